The van der Waals surface area contributed by atoms with Crippen molar-refractivity contribution in [2.45, 2.75) is 36.5 Å². The molecule has 1 aromatic heterocycles. The lowest BCUT2D eigenvalue weighted by Gasteiger charge is -2.19. The second-order valence-electron chi connectivity index (χ2n) is 7.56. The molecule has 0 unspecified atom stereocenters. The molecule has 0 spiro atoms. The number of halogens is 6. The number of nitrogens with one attached hydrogen (secondary N) is 1. The van der Waals surface area contributed by atoms with Crippen molar-refractivity contribution in [3.8, 4) is 6.07 Å². The van der Waals surface area contributed by atoms with Gasteiger partial charge in [-0.05, 0) is 49.2 Å². The fourth-order valence-corrected chi connectivity index (χ4v) is 4.47. The third kappa shape index (κ3) is 6.33. The number of amides is 1. The molecule has 0 saturated heterocycles. The number of anilines is 1. The highest BCUT2D eigenvalue weighted by Gasteiger charge is 2.37. The number of aromatic nitrogens is 1. The van der Waals surface area contributed by atoms with Crippen LogP contribution in [0.1, 0.15) is 38.8 Å². The molecule has 3 aromatic rings. The van der Waals surface area contributed by atoms with E-state index in [2.05, 4.69) is 10.3 Å². The van der Waals surface area contributed by atoms with Crippen LogP contribution in [0.15, 0.2) is 59.6 Å². The number of pyridine rings is 1. The summed E-state index contributed by atoms with van der Waals surface area (Å²) in [6.45, 7) is 3.38. The van der Waals surface area contributed by atoms with Crippen molar-refractivity contribution in [2.24, 2.45) is 0 Å². The third-order valence-corrected chi connectivity index (χ3v) is 6.09. The summed E-state index contributed by atoms with van der Waals surface area (Å²) in [5.41, 5.74) is -1.93. The summed E-state index contributed by atoms with van der Waals surface area (Å²) in [7, 11) is 0. The van der Waals surface area contributed by atoms with Gasteiger partial charge in [-0.3, -0.25) is 4.79 Å². The minimum absolute atomic E-state index is 0.0161. The molecule has 182 valence electrons. The number of aryl methyl sites for hydroxylation is 2. The lowest BCUT2D eigenvalue weighted by atomic mass is 10.1. The summed E-state index contributed by atoms with van der Waals surface area (Å²) in [4.78, 5) is 17.5. The average Bonchev–Trinajstić information content (AvgIpc) is 2.76. The molecule has 2 aromatic carbocycles. The zero-order chi connectivity index (χ0) is 26.0. The van der Waals surface area contributed by atoms with Crippen molar-refractivity contribution >= 4 is 23.4 Å². The summed E-state index contributed by atoms with van der Waals surface area (Å²) in [6, 6.07) is 12.7. The SMILES string of the molecule is Cc1cc(C)c(C#N)c(S[C@H](C(=O)Nc2cc(C(F)(F)F)cc(C(F)(F)F)c2)c2ccccc2)n1. The normalized spacial score (nSPS) is 12.7. The van der Waals surface area contributed by atoms with Crippen molar-refractivity contribution in [1.29, 1.82) is 5.26 Å². The number of hydrogen-bond donors (Lipinski definition) is 1. The molecule has 0 aliphatic heterocycles. The minimum Gasteiger partial charge on any atom is -0.325 e. The largest absolute Gasteiger partial charge is 0.416 e. The Morgan fingerprint density at radius 1 is 0.971 bits per heavy atom. The van der Waals surface area contributed by atoms with Crippen molar-refractivity contribution in [3.63, 3.8) is 0 Å². The predicted molar refractivity (Wildman–Crippen MR) is 119 cm³/mol. The first-order chi connectivity index (χ1) is 16.3. The van der Waals surface area contributed by atoms with E-state index >= 15 is 0 Å². The van der Waals surface area contributed by atoms with Gasteiger partial charge < -0.3 is 5.32 Å². The van der Waals surface area contributed by atoms with E-state index in [1.807, 2.05) is 6.07 Å². The van der Waals surface area contributed by atoms with Crippen LogP contribution in [-0.2, 0) is 17.1 Å². The van der Waals surface area contributed by atoms with Crippen LogP contribution in [0.4, 0.5) is 32.0 Å². The van der Waals surface area contributed by atoms with Gasteiger partial charge in [0.25, 0.3) is 0 Å². The molecule has 0 fully saturated rings. The molecule has 1 heterocycles. The van der Waals surface area contributed by atoms with Crippen molar-refractivity contribution < 1.29 is 31.1 Å². The standard InChI is InChI=1S/C24H17F6N3OS/c1-13-8-14(2)32-22(19(13)12-31)35-20(15-6-4-3-5-7-15)21(34)33-18-10-16(23(25,26)27)9-17(11-18)24(28,29)30/h3-11,20H,1-2H3,(H,33,34)/t20-/m0/s1. The molecule has 4 nitrogen and oxygen atoms in total. The smallest absolute Gasteiger partial charge is 0.325 e. The minimum atomic E-state index is -5.06. The summed E-state index contributed by atoms with van der Waals surface area (Å²) >= 11 is 0.878. The Balaban J connectivity index is 2.05. The van der Waals surface area contributed by atoms with Gasteiger partial charge in [-0.15, -0.1) is 0 Å². The van der Waals surface area contributed by atoms with E-state index in [9.17, 15) is 36.4 Å². The number of nitriles is 1. The number of carbonyl (C=O) groups is 1. The quantitative estimate of drug-likeness (QED) is 0.295. The van der Waals surface area contributed by atoms with Crippen LogP contribution in [0.2, 0.25) is 0 Å². The lowest BCUT2D eigenvalue weighted by molar-refractivity contribution is -0.143. The molecule has 1 N–H and O–H groups in total. The molecule has 35 heavy (non-hydrogen) atoms. The first-order valence-electron chi connectivity index (χ1n) is 10.00. The van der Waals surface area contributed by atoms with Gasteiger partial charge in [0.05, 0.1) is 16.7 Å². The van der Waals surface area contributed by atoms with E-state index in [4.69, 9.17) is 0 Å². The second-order valence-corrected chi connectivity index (χ2v) is 8.66. The number of benzene rings is 2. The molecule has 1 atom stereocenters. The van der Waals surface area contributed by atoms with Crippen LogP contribution < -0.4 is 5.32 Å². The van der Waals surface area contributed by atoms with Crippen molar-refractivity contribution in [3.05, 3.63) is 88.1 Å². The molecular formula is C24H17F6N3OS. The summed E-state index contributed by atoms with van der Waals surface area (Å²) in [5, 5.41) is 10.8. The number of thioether (sulfide) groups is 1. The first-order valence-corrected chi connectivity index (χ1v) is 10.9. The molecular weight excluding hydrogens is 492 g/mol. The fraction of sp³-hybridized carbons (Fsp3) is 0.208. The molecule has 0 saturated carbocycles. The highest BCUT2D eigenvalue weighted by atomic mass is 32.2. The average molecular weight is 509 g/mol. The van der Waals surface area contributed by atoms with Gasteiger partial charge in [0.15, 0.2) is 0 Å². The molecule has 0 aliphatic carbocycles. The maximum absolute atomic E-state index is 13.2. The molecule has 0 aliphatic rings. The first kappa shape index (κ1) is 26.1. The Morgan fingerprint density at radius 2 is 1.54 bits per heavy atom. The summed E-state index contributed by atoms with van der Waals surface area (Å²) < 4.78 is 79.3. The molecule has 0 bridgehead atoms. The van der Waals surface area contributed by atoms with Crippen LogP contribution >= 0.6 is 11.8 Å². The zero-order valence-corrected chi connectivity index (χ0v) is 19.1. The van der Waals surface area contributed by atoms with Crippen LogP contribution in [0.5, 0.6) is 0 Å². The van der Waals surface area contributed by atoms with Crippen molar-refractivity contribution in [2.75, 3.05) is 5.32 Å². The second kappa shape index (κ2) is 10.00. The van der Waals surface area contributed by atoms with Crippen molar-refractivity contribution in [1.82, 2.24) is 4.98 Å². The molecule has 3 rings (SSSR count). The third-order valence-electron chi connectivity index (χ3n) is 4.85. The maximum Gasteiger partial charge on any atom is 0.416 e. The van der Waals surface area contributed by atoms with Gasteiger partial charge >= 0.3 is 12.4 Å². The van der Waals surface area contributed by atoms with Gasteiger partial charge in [-0.1, -0.05) is 42.1 Å². The highest BCUT2D eigenvalue weighted by Crippen LogP contribution is 2.40. The maximum atomic E-state index is 13.2. The van der Waals surface area contributed by atoms with Gasteiger partial charge in [-0.25, -0.2) is 4.98 Å². The Kier molecular flexibility index (Phi) is 7.45. The number of rotatable bonds is 5. The molecule has 0 radical (unpaired) electrons. The Labute approximate surface area is 201 Å². The van der Waals surface area contributed by atoms with Crippen LogP contribution in [0.3, 0.4) is 0 Å². The number of hydrogen-bond acceptors (Lipinski definition) is 4. The van der Waals surface area contributed by atoms with Crippen LogP contribution in [0, 0.1) is 25.2 Å². The summed E-state index contributed by atoms with van der Waals surface area (Å²) in [6.07, 6.45) is -10.1. The van der Waals surface area contributed by atoms with Gasteiger partial charge in [-0.2, -0.15) is 31.6 Å². The topological polar surface area (TPSA) is 65.8 Å². The monoisotopic (exact) mass is 509 g/mol. The lowest BCUT2D eigenvalue weighted by Crippen LogP contribution is -2.21. The van der Waals surface area contributed by atoms with E-state index in [0.29, 0.717) is 29.0 Å². The Hall–Kier alpha value is -3.52. The van der Waals surface area contributed by atoms with E-state index < -0.39 is 40.3 Å². The van der Waals surface area contributed by atoms with E-state index in [1.54, 1.807) is 50.2 Å². The number of nitrogens with zero attached hydrogens (tertiary/aromatic N) is 2. The zero-order valence-electron chi connectivity index (χ0n) is 18.3. The molecule has 1 amide bonds. The highest BCUT2D eigenvalue weighted by molar-refractivity contribution is 8.00. The molecule has 11 heteroatoms. The van der Waals surface area contributed by atoms with Gasteiger partial charge in [0.2, 0.25) is 5.91 Å². The van der Waals surface area contributed by atoms with Gasteiger partial charge in [0, 0.05) is 11.4 Å². The number of carbonyl (C=O) groups excluding carboxylic acids is 1. The number of alkyl halides is 6. The van der Waals surface area contributed by atoms with Crippen LogP contribution in [0.25, 0.3) is 0 Å². The van der Waals surface area contributed by atoms with E-state index in [1.165, 1.54) is 0 Å². The predicted octanol–water partition coefficient (Wildman–Crippen LogP) is 7.08. The Bertz CT molecular complexity index is 1250. The van der Waals surface area contributed by atoms with Gasteiger partial charge in [0.1, 0.15) is 16.3 Å². The Morgan fingerprint density at radius 3 is 2.06 bits per heavy atom. The summed E-state index contributed by atoms with van der Waals surface area (Å²) in [5.74, 6) is -0.876. The fourth-order valence-electron chi connectivity index (χ4n) is 3.27. The van der Waals surface area contributed by atoms with E-state index in [0.717, 1.165) is 11.8 Å². The van der Waals surface area contributed by atoms with Crippen LogP contribution in [-0.4, -0.2) is 10.9 Å². The van der Waals surface area contributed by atoms with E-state index in [-0.39, 0.29) is 16.7 Å².